The molecule has 0 bridgehead atoms. The van der Waals surface area contributed by atoms with Crippen LogP contribution in [-0.2, 0) is 12.7 Å². The first-order chi connectivity index (χ1) is 9.80. The van der Waals surface area contributed by atoms with Gasteiger partial charge in [0.2, 0.25) is 0 Å². The second-order valence-electron chi connectivity index (χ2n) is 4.90. The van der Waals surface area contributed by atoms with Crippen molar-refractivity contribution in [1.82, 2.24) is 9.55 Å². The number of hydrogen-bond donors (Lipinski definition) is 1. The summed E-state index contributed by atoms with van der Waals surface area (Å²) in [7, 11) is 0. The number of nitrogens with one attached hydrogen (secondary N) is 1. The predicted octanol–water partition coefficient (Wildman–Crippen LogP) is 4.75. The Hall–Kier alpha value is -1.69. The zero-order valence-corrected chi connectivity index (χ0v) is 12.3. The minimum atomic E-state index is -4.45. The molecular formula is C14H15ClF3N3. The second kappa shape index (κ2) is 5.97. The highest BCUT2D eigenvalue weighted by atomic mass is 35.5. The van der Waals surface area contributed by atoms with Gasteiger partial charge >= 0.3 is 6.18 Å². The highest BCUT2D eigenvalue weighted by molar-refractivity contribution is 6.33. The molecule has 0 unspecified atom stereocenters. The molecule has 0 atom stereocenters. The molecule has 0 saturated heterocycles. The summed E-state index contributed by atoms with van der Waals surface area (Å²) >= 11 is 5.89. The van der Waals surface area contributed by atoms with Crippen molar-refractivity contribution in [2.24, 2.45) is 0 Å². The summed E-state index contributed by atoms with van der Waals surface area (Å²) in [6, 6.07) is 3.90. The summed E-state index contributed by atoms with van der Waals surface area (Å²) in [6.07, 6.45) is -1.18. The SMILES string of the molecule is CC(C)n1cncc1CNc1c(Cl)cccc1C(F)(F)F. The van der Waals surface area contributed by atoms with E-state index in [2.05, 4.69) is 10.3 Å². The lowest BCUT2D eigenvalue weighted by molar-refractivity contribution is -0.136. The monoisotopic (exact) mass is 317 g/mol. The molecule has 0 spiro atoms. The van der Waals surface area contributed by atoms with Gasteiger partial charge in [-0.1, -0.05) is 17.7 Å². The van der Waals surface area contributed by atoms with E-state index in [0.29, 0.717) is 0 Å². The maximum absolute atomic E-state index is 13.0. The van der Waals surface area contributed by atoms with Gasteiger partial charge in [0, 0.05) is 12.2 Å². The number of nitrogens with zero attached hydrogens (tertiary/aromatic N) is 2. The molecule has 1 aromatic heterocycles. The van der Waals surface area contributed by atoms with E-state index in [1.165, 1.54) is 12.1 Å². The van der Waals surface area contributed by atoms with Gasteiger partial charge in [-0.15, -0.1) is 0 Å². The van der Waals surface area contributed by atoms with Crippen LogP contribution in [0, 0.1) is 0 Å². The van der Waals surface area contributed by atoms with Crippen LogP contribution in [0.2, 0.25) is 5.02 Å². The van der Waals surface area contributed by atoms with Crippen molar-refractivity contribution < 1.29 is 13.2 Å². The fraction of sp³-hybridized carbons (Fsp3) is 0.357. The van der Waals surface area contributed by atoms with Crippen LogP contribution in [0.25, 0.3) is 0 Å². The smallest absolute Gasteiger partial charge is 0.378 e. The van der Waals surface area contributed by atoms with E-state index in [1.54, 1.807) is 12.5 Å². The van der Waals surface area contributed by atoms with Crippen LogP contribution in [0.4, 0.5) is 18.9 Å². The lowest BCUT2D eigenvalue weighted by Crippen LogP contribution is -2.13. The van der Waals surface area contributed by atoms with Gasteiger partial charge in [-0.25, -0.2) is 4.98 Å². The number of anilines is 1. The van der Waals surface area contributed by atoms with Gasteiger partial charge in [-0.2, -0.15) is 13.2 Å². The fourth-order valence-electron chi connectivity index (χ4n) is 2.05. The lowest BCUT2D eigenvalue weighted by Gasteiger charge is -2.17. The van der Waals surface area contributed by atoms with Crippen LogP contribution in [-0.4, -0.2) is 9.55 Å². The maximum atomic E-state index is 13.0. The number of benzene rings is 1. The quantitative estimate of drug-likeness (QED) is 0.882. The van der Waals surface area contributed by atoms with Crippen molar-refractivity contribution >= 4 is 17.3 Å². The molecule has 0 amide bonds. The summed E-state index contributed by atoms with van der Waals surface area (Å²) in [4.78, 5) is 4.02. The van der Waals surface area contributed by atoms with Gasteiger partial charge in [0.05, 0.1) is 34.8 Å². The molecule has 1 N–H and O–H groups in total. The van der Waals surface area contributed by atoms with Gasteiger partial charge in [0.25, 0.3) is 0 Å². The van der Waals surface area contributed by atoms with E-state index >= 15 is 0 Å². The first-order valence-electron chi connectivity index (χ1n) is 6.41. The van der Waals surface area contributed by atoms with E-state index in [9.17, 15) is 13.2 Å². The summed E-state index contributed by atoms with van der Waals surface area (Å²) in [5.74, 6) is 0. The van der Waals surface area contributed by atoms with Crippen LogP contribution < -0.4 is 5.32 Å². The number of alkyl halides is 3. The third-order valence-corrected chi connectivity index (χ3v) is 3.38. The summed E-state index contributed by atoms with van der Waals surface area (Å²) in [6.45, 7) is 4.16. The number of para-hydroxylation sites is 1. The van der Waals surface area contributed by atoms with E-state index in [-0.39, 0.29) is 23.3 Å². The molecular weight excluding hydrogens is 303 g/mol. The van der Waals surface area contributed by atoms with Crippen molar-refractivity contribution in [3.63, 3.8) is 0 Å². The Bertz CT molecular complexity index is 620. The molecule has 0 saturated carbocycles. The Morgan fingerprint density at radius 2 is 2.05 bits per heavy atom. The summed E-state index contributed by atoms with van der Waals surface area (Å²) in [5.41, 5.74) is -0.0909. The van der Waals surface area contributed by atoms with Gasteiger partial charge in [0.15, 0.2) is 0 Å². The van der Waals surface area contributed by atoms with Crippen LogP contribution in [0.1, 0.15) is 31.1 Å². The zero-order valence-electron chi connectivity index (χ0n) is 11.6. The topological polar surface area (TPSA) is 29.9 Å². The molecule has 1 aromatic carbocycles. The third-order valence-electron chi connectivity index (χ3n) is 3.07. The highest BCUT2D eigenvalue weighted by Crippen LogP contribution is 2.38. The Labute approximate surface area is 125 Å². The average Bonchev–Trinajstić information content (AvgIpc) is 2.84. The number of rotatable bonds is 4. The van der Waals surface area contributed by atoms with Crippen molar-refractivity contribution in [3.8, 4) is 0 Å². The third kappa shape index (κ3) is 3.50. The van der Waals surface area contributed by atoms with Crippen LogP contribution >= 0.6 is 11.6 Å². The highest BCUT2D eigenvalue weighted by Gasteiger charge is 2.34. The van der Waals surface area contributed by atoms with Gasteiger partial charge in [-0.3, -0.25) is 0 Å². The molecule has 114 valence electrons. The Kier molecular flexibility index (Phi) is 4.46. The largest absolute Gasteiger partial charge is 0.418 e. The second-order valence-corrected chi connectivity index (χ2v) is 5.31. The predicted molar refractivity (Wildman–Crippen MR) is 76.4 cm³/mol. The molecule has 2 aromatic rings. The minimum absolute atomic E-state index is 0.0421. The Morgan fingerprint density at radius 1 is 1.33 bits per heavy atom. The maximum Gasteiger partial charge on any atom is 0.418 e. The van der Waals surface area contributed by atoms with Crippen LogP contribution in [0.15, 0.2) is 30.7 Å². The van der Waals surface area contributed by atoms with Gasteiger partial charge < -0.3 is 9.88 Å². The number of hydrogen-bond acceptors (Lipinski definition) is 2. The zero-order chi connectivity index (χ0) is 15.6. The lowest BCUT2D eigenvalue weighted by atomic mass is 10.1. The molecule has 7 heteroatoms. The Balaban J connectivity index is 2.26. The first-order valence-corrected chi connectivity index (χ1v) is 6.78. The van der Waals surface area contributed by atoms with Crippen molar-refractivity contribution in [2.45, 2.75) is 32.6 Å². The molecule has 0 aliphatic heterocycles. The average molecular weight is 318 g/mol. The minimum Gasteiger partial charge on any atom is -0.378 e. The molecule has 0 radical (unpaired) electrons. The van der Waals surface area contributed by atoms with Crippen molar-refractivity contribution in [1.29, 1.82) is 0 Å². The van der Waals surface area contributed by atoms with Gasteiger partial charge in [-0.05, 0) is 26.0 Å². The van der Waals surface area contributed by atoms with E-state index in [4.69, 9.17) is 11.6 Å². The molecule has 0 aliphatic rings. The van der Waals surface area contributed by atoms with E-state index in [0.717, 1.165) is 11.8 Å². The van der Waals surface area contributed by atoms with Crippen LogP contribution in [0.3, 0.4) is 0 Å². The summed E-state index contributed by atoms with van der Waals surface area (Å²) in [5, 5.41) is 2.82. The normalized spacial score (nSPS) is 12.0. The number of imidazole rings is 1. The standard InChI is InChI=1S/C14H15ClF3N3/c1-9(2)21-8-19-6-10(21)7-20-13-11(14(16,17)18)4-3-5-12(13)15/h3-6,8-9,20H,7H2,1-2H3. The number of halogens is 4. The first kappa shape index (κ1) is 15.7. The fourth-order valence-corrected chi connectivity index (χ4v) is 2.29. The molecule has 21 heavy (non-hydrogen) atoms. The van der Waals surface area contributed by atoms with E-state index < -0.39 is 11.7 Å². The van der Waals surface area contributed by atoms with Crippen molar-refractivity contribution in [3.05, 3.63) is 47.0 Å². The van der Waals surface area contributed by atoms with Crippen LogP contribution in [0.5, 0.6) is 0 Å². The molecule has 1 heterocycles. The van der Waals surface area contributed by atoms with Gasteiger partial charge in [0.1, 0.15) is 0 Å². The van der Waals surface area contributed by atoms with Crippen molar-refractivity contribution in [2.75, 3.05) is 5.32 Å². The molecule has 2 rings (SSSR count). The summed E-state index contributed by atoms with van der Waals surface area (Å²) < 4.78 is 40.8. The molecule has 0 aliphatic carbocycles. The number of aromatic nitrogens is 2. The molecule has 3 nitrogen and oxygen atoms in total. The molecule has 0 fully saturated rings. The Morgan fingerprint density at radius 3 is 2.67 bits per heavy atom. The van der Waals surface area contributed by atoms with E-state index in [1.807, 2.05) is 18.4 Å².